The number of carbonyl (C=O) groups excluding carboxylic acids is 1. The Morgan fingerprint density at radius 3 is 2.29 bits per heavy atom. The third-order valence-corrected chi connectivity index (χ3v) is 4.24. The Bertz CT molecular complexity index is 621. The molecule has 0 spiro atoms. The molecular weight excluding hydrogens is 298 g/mol. The van der Waals surface area contributed by atoms with E-state index < -0.39 is 0 Å². The molecule has 0 aliphatic carbocycles. The number of benzene rings is 1. The second kappa shape index (κ2) is 9.18. The normalized spacial score (nSPS) is 10.8. The maximum absolute atomic E-state index is 12.9. The number of pyridine rings is 1. The molecule has 1 heterocycles. The van der Waals surface area contributed by atoms with Crippen LogP contribution in [0.3, 0.4) is 0 Å². The van der Waals surface area contributed by atoms with Crippen LogP contribution in [0, 0.1) is 6.92 Å². The van der Waals surface area contributed by atoms with Crippen LogP contribution in [0.1, 0.15) is 35.5 Å². The van der Waals surface area contributed by atoms with Crippen molar-refractivity contribution in [1.29, 1.82) is 0 Å². The topological polar surface area (TPSA) is 36.4 Å². The summed E-state index contributed by atoms with van der Waals surface area (Å²) in [4.78, 5) is 21.4. The number of rotatable bonds is 8. The van der Waals surface area contributed by atoms with Gasteiger partial charge in [0, 0.05) is 31.5 Å². The Morgan fingerprint density at radius 1 is 1.00 bits per heavy atom. The van der Waals surface area contributed by atoms with Crippen molar-refractivity contribution >= 4 is 5.91 Å². The summed E-state index contributed by atoms with van der Waals surface area (Å²) in [6.45, 7) is 10.4. The van der Waals surface area contributed by atoms with E-state index in [1.165, 1.54) is 0 Å². The molecule has 0 N–H and O–H groups in total. The molecule has 4 nitrogen and oxygen atoms in total. The van der Waals surface area contributed by atoms with Crippen molar-refractivity contribution < 1.29 is 4.79 Å². The van der Waals surface area contributed by atoms with Gasteiger partial charge < -0.3 is 9.80 Å². The minimum Gasteiger partial charge on any atom is -0.333 e. The zero-order valence-corrected chi connectivity index (χ0v) is 14.9. The third-order valence-electron chi connectivity index (χ3n) is 4.24. The SMILES string of the molecule is CCN(CC)CCN(Cc1ccccc1)C(=O)c1ccc(C)nc1. The number of carbonyl (C=O) groups is 1. The molecule has 4 heteroatoms. The lowest BCUT2D eigenvalue weighted by Gasteiger charge is -2.26. The van der Waals surface area contributed by atoms with Crippen LogP contribution in [0.2, 0.25) is 0 Å². The smallest absolute Gasteiger partial charge is 0.255 e. The van der Waals surface area contributed by atoms with Gasteiger partial charge in [-0.15, -0.1) is 0 Å². The first-order chi connectivity index (χ1) is 11.6. The molecule has 0 radical (unpaired) electrons. The van der Waals surface area contributed by atoms with Crippen LogP contribution >= 0.6 is 0 Å². The molecule has 128 valence electrons. The molecule has 0 unspecified atom stereocenters. The Kier molecular flexibility index (Phi) is 6.94. The molecule has 0 aliphatic heterocycles. The maximum Gasteiger partial charge on any atom is 0.255 e. The first kappa shape index (κ1) is 18.1. The van der Waals surface area contributed by atoms with E-state index in [0.717, 1.165) is 30.9 Å². The van der Waals surface area contributed by atoms with E-state index in [0.29, 0.717) is 18.7 Å². The lowest BCUT2D eigenvalue weighted by molar-refractivity contribution is 0.0723. The summed E-state index contributed by atoms with van der Waals surface area (Å²) >= 11 is 0. The van der Waals surface area contributed by atoms with Crippen molar-refractivity contribution in [2.75, 3.05) is 26.2 Å². The average molecular weight is 325 g/mol. The highest BCUT2D eigenvalue weighted by molar-refractivity contribution is 5.93. The number of amides is 1. The van der Waals surface area contributed by atoms with Crippen LogP contribution in [-0.2, 0) is 6.54 Å². The fraction of sp³-hybridized carbons (Fsp3) is 0.400. The molecule has 1 aromatic carbocycles. The van der Waals surface area contributed by atoms with Crippen LogP contribution in [0.15, 0.2) is 48.7 Å². The van der Waals surface area contributed by atoms with Crippen molar-refractivity contribution in [3.8, 4) is 0 Å². The zero-order chi connectivity index (χ0) is 17.4. The molecule has 24 heavy (non-hydrogen) atoms. The number of hydrogen-bond acceptors (Lipinski definition) is 3. The van der Waals surface area contributed by atoms with Crippen LogP contribution in [0.4, 0.5) is 0 Å². The van der Waals surface area contributed by atoms with Gasteiger partial charge in [-0.05, 0) is 37.7 Å². The molecule has 0 saturated heterocycles. The van der Waals surface area contributed by atoms with Crippen LogP contribution in [0.25, 0.3) is 0 Å². The maximum atomic E-state index is 12.9. The zero-order valence-electron chi connectivity index (χ0n) is 14.9. The molecule has 0 bridgehead atoms. The fourth-order valence-corrected chi connectivity index (χ4v) is 2.64. The van der Waals surface area contributed by atoms with E-state index in [9.17, 15) is 4.79 Å². The molecule has 0 aliphatic rings. The highest BCUT2D eigenvalue weighted by Gasteiger charge is 2.17. The van der Waals surface area contributed by atoms with Crippen LogP contribution in [-0.4, -0.2) is 46.9 Å². The number of aryl methyl sites for hydroxylation is 1. The van der Waals surface area contributed by atoms with Gasteiger partial charge in [0.05, 0.1) is 5.56 Å². The van der Waals surface area contributed by atoms with Gasteiger partial charge in [0.2, 0.25) is 0 Å². The van der Waals surface area contributed by atoms with Crippen LogP contribution in [0.5, 0.6) is 0 Å². The Hall–Kier alpha value is -2.20. The molecule has 0 fully saturated rings. The molecule has 1 aromatic heterocycles. The Labute approximate surface area is 145 Å². The van der Waals surface area contributed by atoms with Crippen molar-refractivity contribution in [2.45, 2.75) is 27.3 Å². The van der Waals surface area contributed by atoms with E-state index >= 15 is 0 Å². The van der Waals surface area contributed by atoms with Gasteiger partial charge in [0.15, 0.2) is 0 Å². The van der Waals surface area contributed by atoms with Gasteiger partial charge in [0.1, 0.15) is 0 Å². The highest BCUT2D eigenvalue weighted by Crippen LogP contribution is 2.10. The number of nitrogens with zero attached hydrogens (tertiary/aromatic N) is 3. The summed E-state index contributed by atoms with van der Waals surface area (Å²) in [7, 11) is 0. The van der Waals surface area contributed by atoms with Crippen molar-refractivity contribution in [1.82, 2.24) is 14.8 Å². The first-order valence-corrected chi connectivity index (χ1v) is 8.62. The summed E-state index contributed by atoms with van der Waals surface area (Å²) in [5.74, 6) is 0.0403. The quantitative estimate of drug-likeness (QED) is 0.746. The summed E-state index contributed by atoms with van der Waals surface area (Å²) in [6, 6.07) is 13.9. The van der Waals surface area contributed by atoms with Gasteiger partial charge in [-0.2, -0.15) is 0 Å². The first-order valence-electron chi connectivity index (χ1n) is 8.62. The van der Waals surface area contributed by atoms with E-state index in [1.54, 1.807) is 6.20 Å². The molecule has 2 rings (SSSR count). The monoisotopic (exact) mass is 325 g/mol. The molecule has 1 amide bonds. The minimum atomic E-state index is 0.0403. The standard InChI is InChI=1S/C20H27N3O/c1-4-22(5-2)13-14-23(16-18-9-7-6-8-10-18)20(24)19-12-11-17(3)21-15-19/h6-12,15H,4-5,13-14,16H2,1-3H3. The average Bonchev–Trinajstić information content (AvgIpc) is 2.62. The third kappa shape index (κ3) is 5.17. The molecular formula is C20H27N3O. The van der Waals surface area contributed by atoms with Crippen molar-refractivity contribution in [3.63, 3.8) is 0 Å². The number of aromatic nitrogens is 1. The summed E-state index contributed by atoms with van der Waals surface area (Å²) < 4.78 is 0. The van der Waals surface area contributed by atoms with E-state index in [-0.39, 0.29) is 5.91 Å². The number of likely N-dealkylation sites (N-methyl/N-ethyl adjacent to an activating group) is 1. The lowest BCUT2D eigenvalue weighted by Crippen LogP contribution is -2.38. The number of hydrogen-bond donors (Lipinski definition) is 0. The van der Waals surface area contributed by atoms with Gasteiger partial charge in [0.25, 0.3) is 5.91 Å². The largest absolute Gasteiger partial charge is 0.333 e. The van der Waals surface area contributed by atoms with E-state index in [2.05, 4.69) is 35.9 Å². The van der Waals surface area contributed by atoms with Crippen molar-refractivity contribution in [3.05, 3.63) is 65.5 Å². The highest BCUT2D eigenvalue weighted by atomic mass is 16.2. The Balaban J connectivity index is 2.14. The van der Waals surface area contributed by atoms with Gasteiger partial charge in [-0.3, -0.25) is 9.78 Å². The van der Waals surface area contributed by atoms with Crippen LogP contribution < -0.4 is 0 Å². The van der Waals surface area contributed by atoms with Gasteiger partial charge >= 0.3 is 0 Å². The second-order valence-electron chi connectivity index (χ2n) is 5.93. The molecule has 0 saturated carbocycles. The molecule has 2 aromatic rings. The van der Waals surface area contributed by atoms with Gasteiger partial charge in [-0.25, -0.2) is 0 Å². The Morgan fingerprint density at radius 2 is 1.71 bits per heavy atom. The van der Waals surface area contributed by atoms with Gasteiger partial charge in [-0.1, -0.05) is 44.2 Å². The van der Waals surface area contributed by atoms with Crippen molar-refractivity contribution in [2.24, 2.45) is 0 Å². The summed E-state index contributed by atoms with van der Waals surface area (Å²) in [6.07, 6.45) is 1.67. The summed E-state index contributed by atoms with van der Waals surface area (Å²) in [5, 5.41) is 0. The minimum absolute atomic E-state index is 0.0403. The fourth-order valence-electron chi connectivity index (χ4n) is 2.64. The van der Waals surface area contributed by atoms with E-state index in [1.807, 2.05) is 42.2 Å². The predicted molar refractivity (Wildman–Crippen MR) is 97.9 cm³/mol. The van der Waals surface area contributed by atoms with E-state index in [4.69, 9.17) is 0 Å². The predicted octanol–water partition coefficient (Wildman–Crippen LogP) is 3.37. The lowest BCUT2D eigenvalue weighted by atomic mass is 10.1. The summed E-state index contributed by atoms with van der Waals surface area (Å²) in [5.41, 5.74) is 2.71. The molecule has 0 atom stereocenters. The second-order valence-corrected chi connectivity index (χ2v) is 5.93.